The van der Waals surface area contributed by atoms with Crippen LogP contribution in [0.15, 0.2) is 42.0 Å². The molecule has 4 heteroatoms. The highest BCUT2D eigenvalue weighted by atomic mass is 15.1. The summed E-state index contributed by atoms with van der Waals surface area (Å²) >= 11 is 0. The number of hydrogen-bond donors (Lipinski definition) is 0. The summed E-state index contributed by atoms with van der Waals surface area (Å²) in [6, 6.07) is 9.46. The molecule has 0 aliphatic heterocycles. The lowest BCUT2D eigenvalue weighted by Crippen LogP contribution is -1.83. The van der Waals surface area contributed by atoms with Crippen LogP contribution in [-0.2, 0) is 0 Å². The highest BCUT2D eigenvalue weighted by Gasteiger charge is 2.01. The summed E-state index contributed by atoms with van der Waals surface area (Å²) in [5.74, 6) is 0. The third kappa shape index (κ3) is 1.66. The maximum atomic E-state index is 8.41. The third-order valence-electron chi connectivity index (χ3n) is 2.08. The molecular weight excluding hydrogens is 188 g/mol. The number of aromatic nitrogens is 1. The molecule has 2 rings (SSSR count). The number of benzene rings is 1. The van der Waals surface area contributed by atoms with Crippen molar-refractivity contribution < 1.29 is 0 Å². The molecular formula is C11H8N4. The van der Waals surface area contributed by atoms with Crippen LogP contribution in [0, 0.1) is 0 Å². The quantitative estimate of drug-likeness (QED) is 0.409. The van der Waals surface area contributed by atoms with Gasteiger partial charge in [0.1, 0.15) is 0 Å². The standard InChI is InChI=1S/C11H8N4/c1-2-9-11(14-15-12)7-8-5-3-4-6-10(8)13-9/h2-7H,1H2. The molecule has 0 saturated heterocycles. The molecule has 1 heterocycles. The van der Waals surface area contributed by atoms with Gasteiger partial charge >= 0.3 is 0 Å². The van der Waals surface area contributed by atoms with Crippen molar-refractivity contribution in [2.24, 2.45) is 5.11 Å². The summed E-state index contributed by atoms with van der Waals surface area (Å²) in [6.07, 6.45) is 1.58. The van der Waals surface area contributed by atoms with E-state index in [-0.39, 0.29) is 0 Å². The minimum Gasteiger partial charge on any atom is -0.248 e. The van der Waals surface area contributed by atoms with E-state index in [0.717, 1.165) is 10.9 Å². The molecule has 0 aliphatic rings. The molecule has 0 amide bonds. The Morgan fingerprint density at radius 1 is 1.40 bits per heavy atom. The molecule has 1 aromatic carbocycles. The Bertz CT molecular complexity index is 568. The smallest absolute Gasteiger partial charge is 0.0727 e. The van der Waals surface area contributed by atoms with Gasteiger partial charge in [-0.1, -0.05) is 29.9 Å². The Morgan fingerprint density at radius 3 is 2.93 bits per heavy atom. The van der Waals surface area contributed by atoms with Crippen molar-refractivity contribution in [3.8, 4) is 0 Å². The monoisotopic (exact) mass is 196 g/mol. The summed E-state index contributed by atoms with van der Waals surface area (Å²) in [4.78, 5) is 7.09. The average molecular weight is 196 g/mol. The van der Waals surface area contributed by atoms with Crippen LogP contribution >= 0.6 is 0 Å². The van der Waals surface area contributed by atoms with Gasteiger partial charge in [-0.15, -0.1) is 0 Å². The van der Waals surface area contributed by atoms with Crippen LogP contribution in [0.3, 0.4) is 0 Å². The molecule has 0 saturated carbocycles. The molecule has 72 valence electrons. The van der Waals surface area contributed by atoms with Gasteiger partial charge in [-0.3, -0.25) is 0 Å². The van der Waals surface area contributed by atoms with Crippen LogP contribution in [0.5, 0.6) is 0 Å². The predicted octanol–water partition coefficient (Wildman–Crippen LogP) is 3.82. The third-order valence-corrected chi connectivity index (χ3v) is 2.08. The zero-order valence-electron chi connectivity index (χ0n) is 7.96. The molecule has 0 unspecified atom stereocenters. The number of azide groups is 1. The topological polar surface area (TPSA) is 61.7 Å². The Morgan fingerprint density at radius 2 is 2.20 bits per heavy atom. The summed E-state index contributed by atoms with van der Waals surface area (Å²) in [5.41, 5.74) is 10.4. The van der Waals surface area contributed by atoms with Crippen molar-refractivity contribution in [2.45, 2.75) is 0 Å². The Balaban J connectivity index is 2.79. The Hall–Kier alpha value is -2.32. The van der Waals surface area contributed by atoms with Crippen LogP contribution in [0.25, 0.3) is 27.4 Å². The van der Waals surface area contributed by atoms with E-state index in [4.69, 9.17) is 5.53 Å². The minimum absolute atomic E-state index is 0.506. The minimum atomic E-state index is 0.506. The number of fused-ring (bicyclic) bond motifs is 1. The van der Waals surface area contributed by atoms with Crippen molar-refractivity contribution in [3.63, 3.8) is 0 Å². The first kappa shape index (κ1) is 9.24. The van der Waals surface area contributed by atoms with E-state index in [2.05, 4.69) is 21.6 Å². The lowest BCUT2D eigenvalue weighted by atomic mass is 10.2. The van der Waals surface area contributed by atoms with Crippen molar-refractivity contribution in [3.05, 3.63) is 53.0 Å². The SMILES string of the molecule is C=Cc1nc2ccccc2cc1N=[N+]=[N-]. The van der Waals surface area contributed by atoms with Gasteiger partial charge in [-0.05, 0) is 23.7 Å². The van der Waals surface area contributed by atoms with E-state index in [0.29, 0.717) is 11.4 Å². The molecule has 0 fully saturated rings. The van der Waals surface area contributed by atoms with Gasteiger partial charge in [0, 0.05) is 10.3 Å². The zero-order valence-corrected chi connectivity index (χ0v) is 7.96. The van der Waals surface area contributed by atoms with Crippen molar-refractivity contribution in [2.75, 3.05) is 0 Å². The number of nitrogens with zero attached hydrogens (tertiary/aromatic N) is 4. The molecule has 15 heavy (non-hydrogen) atoms. The fraction of sp³-hybridized carbons (Fsp3) is 0. The summed E-state index contributed by atoms with van der Waals surface area (Å²) in [6.45, 7) is 3.63. The highest BCUT2D eigenvalue weighted by Crippen LogP contribution is 2.24. The van der Waals surface area contributed by atoms with Crippen LogP contribution < -0.4 is 0 Å². The summed E-state index contributed by atoms with van der Waals surface area (Å²) < 4.78 is 0. The molecule has 0 aliphatic carbocycles. The predicted molar refractivity (Wildman–Crippen MR) is 60.6 cm³/mol. The molecule has 0 N–H and O–H groups in total. The van der Waals surface area contributed by atoms with E-state index in [1.54, 1.807) is 12.1 Å². The summed E-state index contributed by atoms with van der Waals surface area (Å²) in [7, 11) is 0. The number of para-hydroxylation sites is 1. The van der Waals surface area contributed by atoms with Gasteiger partial charge in [0.2, 0.25) is 0 Å². The number of pyridine rings is 1. The average Bonchev–Trinajstić information content (AvgIpc) is 2.28. The largest absolute Gasteiger partial charge is 0.248 e. The van der Waals surface area contributed by atoms with Crippen molar-refractivity contribution in [1.82, 2.24) is 4.98 Å². The molecule has 2 aromatic rings. The number of rotatable bonds is 2. The van der Waals surface area contributed by atoms with Crippen LogP contribution in [0.2, 0.25) is 0 Å². The van der Waals surface area contributed by atoms with E-state index in [1.165, 1.54) is 0 Å². The van der Waals surface area contributed by atoms with Gasteiger partial charge in [0.05, 0.1) is 16.9 Å². The van der Waals surface area contributed by atoms with E-state index >= 15 is 0 Å². The first-order chi connectivity index (χ1) is 7.35. The van der Waals surface area contributed by atoms with E-state index < -0.39 is 0 Å². The number of hydrogen-bond acceptors (Lipinski definition) is 2. The van der Waals surface area contributed by atoms with Gasteiger partial charge in [0.25, 0.3) is 0 Å². The van der Waals surface area contributed by atoms with Gasteiger partial charge in [0.15, 0.2) is 0 Å². The fourth-order valence-electron chi connectivity index (χ4n) is 1.40. The van der Waals surface area contributed by atoms with Crippen molar-refractivity contribution in [1.29, 1.82) is 0 Å². The summed E-state index contributed by atoms with van der Waals surface area (Å²) in [5, 5.41) is 4.52. The molecule has 1 aromatic heterocycles. The first-order valence-electron chi connectivity index (χ1n) is 4.42. The van der Waals surface area contributed by atoms with Gasteiger partial charge < -0.3 is 0 Å². The molecule has 0 bridgehead atoms. The zero-order chi connectivity index (χ0) is 10.7. The maximum Gasteiger partial charge on any atom is 0.0727 e. The maximum absolute atomic E-state index is 8.41. The lowest BCUT2D eigenvalue weighted by molar-refractivity contribution is 1.33. The Kier molecular flexibility index (Phi) is 2.35. The second-order valence-corrected chi connectivity index (χ2v) is 2.98. The molecule has 0 spiro atoms. The van der Waals surface area contributed by atoms with E-state index in [1.807, 2.05) is 24.3 Å². The Labute approximate surface area is 86.5 Å². The van der Waals surface area contributed by atoms with Crippen molar-refractivity contribution >= 4 is 22.7 Å². The normalized spacial score (nSPS) is 9.60. The lowest BCUT2D eigenvalue weighted by Gasteiger charge is -2.02. The second-order valence-electron chi connectivity index (χ2n) is 2.98. The molecule has 4 nitrogen and oxygen atoms in total. The molecule has 0 radical (unpaired) electrons. The van der Waals surface area contributed by atoms with Gasteiger partial charge in [-0.25, -0.2) is 4.98 Å². The fourth-order valence-corrected chi connectivity index (χ4v) is 1.40. The van der Waals surface area contributed by atoms with Crippen LogP contribution in [-0.4, -0.2) is 4.98 Å². The van der Waals surface area contributed by atoms with E-state index in [9.17, 15) is 0 Å². The van der Waals surface area contributed by atoms with Gasteiger partial charge in [-0.2, -0.15) is 0 Å². The second kappa shape index (κ2) is 3.82. The molecule has 0 atom stereocenters. The highest BCUT2D eigenvalue weighted by molar-refractivity contribution is 5.84. The van der Waals surface area contributed by atoms with Crippen LogP contribution in [0.4, 0.5) is 5.69 Å². The van der Waals surface area contributed by atoms with Crippen LogP contribution in [0.1, 0.15) is 5.69 Å². The first-order valence-corrected chi connectivity index (χ1v) is 4.42.